The number of fused-ring (bicyclic) bond motifs is 1. The number of rotatable bonds is 3. The smallest absolute Gasteiger partial charge is 0.254 e. The average Bonchev–Trinajstić information content (AvgIpc) is 2.89. The van der Waals surface area contributed by atoms with Crippen molar-refractivity contribution in [2.75, 3.05) is 0 Å². The van der Waals surface area contributed by atoms with Gasteiger partial charge in [0, 0.05) is 32.8 Å². The molecule has 1 N–H and O–H groups in total. The number of hydrogen-bond acceptors (Lipinski definition) is 3. The summed E-state index contributed by atoms with van der Waals surface area (Å²) in [7, 11) is 0. The van der Waals surface area contributed by atoms with Crippen LogP contribution in [0.15, 0.2) is 41.4 Å². The molecule has 0 saturated carbocycles. The maximum atomic E-state index is 12.2. The largest absolute Gasteiger partial charge is 0.346 e. The van der Waals surface area contributed by atoms with Crippen LogP contribution in [0.5, 0.6) is 0 Å². The van der Waals surface area contributed by atoms with E-state index in [4.69, 9.17) is 0 Å². The molecule has 0 radical (unpaired) electrons. The number of amides is 1. The molecule has 0 spiro atoms. The first-order valence-electron chi connectivity index (χ1n) is 6.56. The number of nitrogens with zero attached hydrogens (tertiary/aromatic N) is 3. The molecule has 0 fully saturated rings. The van der Waals surface area contributed by atoms with Crippen molar-refractivity contribution in [3.05, 3.63) is 61.8 Å². The molecule has 3 aromatic heterocycles. The molecule has 0 aliphatic heterocycles. The Morgan fingerprint density at radius 3 is 3.00 bits per heavy atom. The topological polar surface area (TPSA) is 59.3 Å². The summed E-state index contributed by atoms with van der Waals surface area (Å²) in [5.41, 5.74) is 3.40. The van der Waals surface area contributed by atoms with Gasteiger partial charge in [0.1, 0.15) is 5.65 Å². The highest BCUT2D eigenvalue weighted by Gasteiger charge is 2.13. The molecule has 0 saturated heterocycles. The highest BCUT2D eigenvalue weighted by molar-refractivity contribution is 14.1. The van der Waals surface area contributed by atoms with E-state index in [1.54, 1.807) is 12.4 Å². The number of halogens is 2. The molecule has 0 aliphatic rings. The minimum Gasteiger partial charge on any atom is -0.346 e. The second-order valence-corrected chi connectivity index (χ2v) is 6.80. The van der Waals surface area contributed by atoms with Crippen molar-refractivity contribution in [3.8, 4) is 0 Å². The number of pyridine rings is 2. The molecule has 0 bridgehead atoms. The minimum atomic E-state index is -0.161. The van der Waals surface area contributed by atoms with E-state index in [-0.39, 0.29) is 5.91 Å². The Morgan fingerprint density at radius 2 is 2.18 bits per heavy atom. The SMILES string of the molecule is Cc1ccc2nc(CNC(=O)c3cncc(Br)c3I)cn2c1. The van der Waals surface area contributed by atoms with Gasteiger partial charge in [-0.15, -0.1) is 0 Å². The van der Waals surface area contributed by atoms with Gasteiger partial charge in [0.25, 0.3) is 5.91 Å². The Balaban J connectivity index is 1.76. The van der Waals surface area contributed by atoms with E-state index in [0.717, 1.165) is 24.9 Å². The van der Waals surface area contributed by atoms with Crippen molar-refractivity contribution in [1.29, 1.82) is 0 Å². The fraction of sp³-hybridized carbons (Fsp3) is 0.133. The molecule has 0 atom stereocenters. The first-order chi connectivity index (χ1) is 10.5. The standard InChI is InChI=1S/C15H12BrIN4O/c1-9-2-3-13-20-10(8-21(13)7-9)4-19-15(22)11-5-18-6-12(16)14(11)17/h2-3,5-8H,4H2,1H3,(H,19,22). The molecule has 3 rings (SSSR count). The number of hydrogen-bond donors (Lipinski definition) is 1. The van der Waals surface area contributed by atoms with E-state index >= 15 is 0 Å². The van der Waals surface area contributed by atoms with Crippen molar-refractivity contribution in [2.24, 2.45) is 0 Å². The number of carbonyl (C=O) groups excluding carboxylic acids is 1. The van der Waals surface area contributed by atoms with E-state index in [0.29, 0.717) is 12.1 Å². The van der Waals surface area contributed by atoms with Crippen LogP contribution in [0, 0.1) is 10.5 Å². The van der Waals surface area contributed by atoms with Crippen LogP contribution in [-0.2, 0) is 6.54 Å². The van der Waals surface area contributed by atoms with Crippen LogP contribution in [-0.4, -0.2) is 20.3 Å². The third-order valence-electron chi connectivity index (χ3n) is 3.16. The molecular weight excluding hydrogens is 459 g/mol. The second-order valence-electron chi connectivity index (χ2n) is 4.87. The van der Waals surface area contributed by atoms with Crippen molar-refractivity contribution in [1.82, 2.24) is 19.7 Å². The zero-order chi connectivity index (χ0) is 15.7. The maximum Gasteiger partial charge on any atom is 0.254 e. The third kappa shape index (κ3) is 3.14. The van der Waals surface area contributed by atoms with Gasteiger partial charge >= 0.3 is 0 Å². The third-order valence-corrected chi connectivity index (χ3v) is 5.67. The van der Waals surface area contributed by atoms with Crippen LogP contribution in [0.4, 0.5) is 0 Å². The fourth-order valence-electron chi connectivity index (χ4n) is 2.08. The van der Waals surface area contributed by atoms with E-state index in [2.05, 4.69) is 53.8 Å². The molecule has 112 valence electrons. The zero-order valence-corrected chi connectivity index (χ0v) is 15.4. The van der Waals surface area contributed by atoms with Crippen molar-refractivity contribution in [3.63, 3.8) is 0 Å². The van der Waals surface area contributed by atoms with Gasteiger partial charge in [-0.3, -0.25) is 9.78 Å². The highest BCUT2D eigenvalue weighted by atomic mass is 127. The Morgan fingerprint density at radius 1 is 1.36 bits per heavy atom. The molecule has 3 aromatic rings. The summed E-state index contributed by atoms with van der Waals surface area (Å²) in [6, 6.07) is 3.97. The lowest BCUT2D eigenvalue weighted by Crippen LogP contribution is -2.24. The van der Waals surface area contributed by atoms with Gasteiger partial charge in [0.2, 0.25) is 0 Å². The molecular formula is C15H12BrIN4O. The van der Waals surface area contributed by atoms with Crippen LogP contribution in [0.3, 0.4) is 0 Å². The predicted octanol–water partition coefficient (Wildman–Crippen LogP) is 3.33. The van der Waals surface area contributed by atoms with Gasteiger partial charge in [-0.1, -0.05) is 6.07 Å². The van der Waals surface area contributed by atoms with Gasteiger partial charge in [-0.05, 0) is 57.1 Å². The van der Waals surface area contributed by atoms with E-state index in [1.165, 1.54) is 0 Å². The van der Waals surface area contributed by atoms with Gasteiger partial charge in [-0.2, -0.15) is 0 Å². The normalized spacial score (nSPS) is 10.9. The Labute approximate surface area is 149 Å². The molecule has 0 unspecified atom stereocenters. The van der Waals surface area contributed by atoms with E-state index in [9.17, 15) is 4.79 Å². The predicted molar refractivity (Wildman–Crippen MR) is 95.8 cm³/mol. The van der Waals surface area contributed by atoms with Gasteiger partial charge in [-0.25, -0.2) is 4.98 Å². The molecule has 0 aliphatic carbocycles. The monoisotopic (exact) mass is 470 g/mol. The lowest BCUT2D eigenvalue weighted by Gasteiger charge is -2.06. The van der Waals surface area contributed by atoms with Crippen molar-refractivity contribution >= 4 is 50.1 Å². The van der Waals surface area contributed by atoms with Crippen LogP contribution in [0.1, 0.15) is 21.6 Å². The summed E-state index contributed by atoms with van der Waals surface area (Å²) in [5, 5.41) is 2.88. The quantitative estimate of drug-likeness (QED) is 0.597. The highest BCUT2D eigenvalue weighted by Crippen LogP contribution is 2.21. The number of carbonyl (C=O) groups is 1. The number of aromatic nitrogens is 3. The van der Waals surface area contributed by atoms with Crippen molar-refractivity contribution < 1.29 is 4.79 Å². The number of aryl methyl sites for hydroxylation is 1. The minimum absolute atomic E-state index is 0.161. The lowest BCUT2D eigenvalue weighted by atomic mass is 10.2. The number of imidazole rings is 1. The van der Waals surface area contributed by atoms with Crippen LogP contribution in [0.2, 0.25) is 0 Å². The summed E-state index contributed by atoms with van der Waals surface area (Å²) in [6.45, 7) is 2.41. The Kier molecular flexibility index (Phi) is 4.44. The average molecular weight is 471 g/mol. The summed E-state index contributed by atoms with van der Waals surface area (Å²) in [6.07, 6.45) is 7.17. The summed E-state index contributed by atoms with van der Waals surface area (Å²) < 4.78 is 3.61. The van der Waals surface area contributed by atoms with Gasteiger partial charge in [0.15, 0.2) is 0 Å². The number of nitrogens with one attached hydrogen (secondary N) is 1. The van der Waals surface area contributed by atoms with Crippen LogP contribution < -0.4 is 5.32 Å². The van der Waals surface area contributed by atoms with Crippen LogP contribution in [0.25, 0.3) is 5.65 Å². The summed E-state index contributed by atoms with van der Waals surface area (Å²) in [5.74, 6) is -0.161. The molecule has 22 heavy (non-hydrogen) atoms. The molecule has 3 heterocycles. The second kappa shape index (κ2) is 6.33. The summed E-state index contributed by atoms with van der Waals surface area (Å²) >= 11 is 5.50. The van der Waals surface area contributed by atoms with E-state index in [1.807, 2.05) is 35.9 Å². The molecule has 1 amide bonds. The lowest BCUT2D eigenvalue weighted by molar-refractivity contribution is 0.0949. The van der Waals surface area contributed by atoms with Gasteiger partial charge in [0.05, 0.1) is 17.8 Å². The molecule has 0 aromatic carbocycles. The zero-order valence-electron chi connectivity index (χ0n) is 11.7. The summed E-state index contributed by atoms with van der Waals surface area (Å²) in [4.78, 5) is 20.8. The molecule has 5 nitrogen and oxygen atoms in total. The van der Waals surface area contributed by atoms with E-state index < -0.39 is 0 Å². The first-order valence-corrected chi connectivity index (χ1v) is 8.43. The Hall–Kier alpha value is -1.48. The first kappa shape index (κ1) is 15.4. The maximum absolute atomic E-state index is 12.2. The van der Waals surface area contributed by atoms with Crippen molar-refractivity contribution in [2.45, 2.75) is 13.5 Å². The van der Waals surface area contributed by atoms with Crippen LogP contribution >= 0.6 is 38.5 Å². The fourth-order valence-corrected chi connectivity index (χ4v) is 2.94. The molecule has 7 heteroatoms. The Bertz CT molecular complexity index is 862. The van der Waals surface area contributed by atoms with Gasteiger partial charge < -0.3 is 9.72 Å².